The molecule has 1 aliphatic rings. The Kier molecular flexibility index (Phi) is 7.24. The maximum Gasteiger partial charge on any atom is 0.271 e. The van der Waals surface area contributed by atoms with E-state index in [1.54, 1.807) is 18.5 Å². The fourth-order valence-electron chi connectivity index (χ4n) is 3.44. The van der Waals surface area contributed by atoms with Crippen LogP contribution in [-0.4, -0.2) is 72.5 Å². The molecule has 0 unspecified atom stereocenters. The van der Waals surface area contributed by atoms with Gasteiger partial charge in [0.15, 0.2) is 0 Å². The minimum absolute atomic E-state index is 0.0492. The number of H-pyrrole nitrogens is 1. The minimum atomic E-state index is -0.147. The topological polar surface area (TPSA) is 93.4 Å². The number of hydrogen-bond donors (Lipinski definition) is 3. The van der Waals surface area contributed by atoms with Crippen LogP contribution in [0.1, 0.15) is 12.8 Å². The van der Waals surface area contributed by atoms with Crippen LogP contribution >= 0.6 is 0 Å². The van der Waals surface area contributed by atoms with Crippen molar-refractivity contribution in [2.24, 2.45) is 0 Å². The fourth-order valence-corrected chi connectivity index (χ4v) is 3.44. The number of aromatic nitrogens is 2. The number of aromatic amines is 1. The van der Waals surface area contributed by atoms with Gasteiger partial charge in [0.05, 0.1) is 0 Å². The molecule has 2 aromatic rings. The van der Waals surface area contributed by atoms with Crippen LogP contribution in [-0.2, 0) is 4.79 Å². The average molecular weight is 411 g/mol. The SMILES string of the molecule is CNc1cc(-c2c[nH]c(=O)c(NC3CCN(C(=O)C=CCN(C)C)CC3)c2)ccn1. The van der Waals surface area contributed by atoms with Crippen LogP contribution in [0.25, 0.3) is 11.1 Å². The van der Waals surface area contributed by atoms with Gasteiger partial charge in [0.25, 0.3) is 5.56 Å². The highest BCUT2D eigenvalue weighted by Crippen LogP contribution is 2.23. The maximum atomic E-state index is 12.3. The summed E-state index contributed by atoms with van der Waals surface area (Å²) in [5, 5.41) is 6.39. The summed E-state index contributed by atoms with van der Waals surface area (Å²) in [5.41, 5.74) is 2.28. The molecule has 3 rings (SSSR count). The zero-order chi connectivity index (χ0) is 21.5. The molecule has 0 bridgehead atoms. The molecule has 160 valence electrons. The number of likely N-dealkylation sites (tertiary alicyclic amines) is 1. The molecule has 0 saturated carbocycles. The Labute approximate surface area is 177 Å². The van der Waals surface area contributed by atoms with E-state index in [1.165, 1.54) is 0 Å². The number of amides is 1. The van der Waals surface area contributed by atoms with E-state index in [0.29, 0.717) is 18.8 Å². The van der Waals surface area contributed by atoms with E-state index in [0.717, 1.165) is 36.3 Å². The first-order chi connectivity index (χ1) is 14.5. The Hall–Kier alpha value is -3.13. The lowest BCUT2D eigenvalue weighted by Crippen LogP contribution is -2.42. The van der Waals surface area contributed by atoms with Gasteiger partial charge in [-0.05, 0) is 50.7 Å². The summed E-state index contributed by atoms with van der Waals surface area (Å²) in [6.45, 7) is 2.10. The van der Waals surface area contributed by atoms with Crippen LogP contribution in [0.2, 0.25) is 0 Å². The molecule has 0 aliphatic carbocycles. The second-order valence-corrected chi connectivity index (χ2v) is 7.72. The third kappa shape index (κ3) is 5.70. The van der Waals surface area contributed by atoms with Crippen molar-refractivity contribution in [3.63, 3.8) is 0 Å². The lowest BCUT2D eigenvalue weighted by molar-refractivity contribution is -0.126. The third-order valence-corrected chi connectivity index (χ3v) is 5.15. The molecule has 1 saturated heterocycles. The number of hydrogen-bond acceptors (Lipinski definition) is 6. The van der Waals surface area contributed by atoms with Crippen LogP contribution < -0.4 is 16.2 Å². The van der Waals surface area contributed by atoms with Crippen molar-refractivity contribution in [3.8, 4) is 11.1 Å². The maximum absolute atomic E-state index is 12.3. The highest BCUT2D eigenvalue weighted by molar-refractivity contribution is 5.87. The molecule has 2 aromatic heterocycles. The van der Waals surface area contributed by atoms with Crippen molar-refractivity contribution in [2.45, 2.75) is 18.9 Å². The van der Waals surface area contributed by atoms with Crippen molar-refractivity contribution < 1.29 is 4.79 Å². The van der Waals surface area contributed by atoms with Crippen molar-refractivity contribution in [1.82, 2.24) is 19.8 Å². The smallest absolute Gasteiger partial charge is 0.271 e. The van der Waals surface area contributed by atoms with Crippen molar-refractivity contribution >= 4 is 17.4 Å². The Morgan fingerprint density at radius 3 is 2.77 bits per heavy atom. The fraction of sp³-hybridized carbons (Fsp3) is 0.409. The Bertz CT molecular complexity index is 945. The first-order valence-corrected chi connectivity index (χ1v) is 10.2. The molecule has 3 N–H and O–H groups in total. The van der Waals surface area contributed by atoms with Gasteiger partial charge >= 0.3 is 0 Å². The molecule has 3 heterocycles. The van der Waals surface area contributed by atoms with Gasteiger partial charge in [-0.15, -0.1) is 0 Å². The quantitative estimate of drug-likeness (QED) is 0.605. The molecule has 30 heavy (non-hydrogen) atoms. The van der Waals surface area contributed by atoms with Gasteiger partial charge in [0.1, 0.15) is 11.5 Å². The number of anilines is 2. The molecule has 1 amide bonds. The van der Waals surface area contributed by atoms with E-state index in [-0.39, 0.29) is 17.5 Å². The first kappa shape index (κ1) is 21.6. The second-order valence-electron chi connectivity index (χ2n) is 7.72. The molecule has 0 spiro atoms. The van der Waals surface area contributed by atoms with Gasteiger partial charge in [-0.1, -0.05) is 6.08 Å². The summed E-state index contributed by atoms with van der Waals surface area (Å²) in [4.78, 5) is 35.5. The predicted octanol–water partition coefficient (Wildman–Crippen LogP) is 2.00. The van der Waals surface area contributed by atoms with Crippen LogP contribution in [0.4, 0.5) is 11.5 Å². The molecule has 8 heteroatoms. The Balaban J connectivity index is 1.61. The Morgan fingerprint density at radius 2 is 2.07 bits per heavy atom. The van der Waals surface area contributed by atoms with E-state index < -0.39 is 0 Å². The standard InChI is InChI=1S/C22H30N6O2/c1-23-20-14-16(6-9-24-20)17-13-19(22(30)25-15-17)26-18-7-11-28(12-8-18)21(29)5-4-10-27(2)3/h4-6,9,13-15,18,26H,7-8,10-12H2,1-3H3,(H,23,24)(H,25,30). The molecular formula is C22H30N6O2. The van der Waals surface area contributed by atoms with Gasteiger partial charge in [-0.3, -0.25) is 9.59 Å². The zero-order valence-corrected chi connectivity index (χ0v) is 17.8. The summed E-state index contributed by atoms with van der Waals surface area (Å²) < 4.78 is 0. The number of likely N-dealkylation sites (N-methyl/N-ethyl adjacent to an activating group) is 1. The molecular weight excluding hydrogens is 380 g/mol. The number of pyridine rings is 2. The molecule has 0 aromatic carbocycles. The van der Waals surface area contributed by atoms with Gasteiger partial charge in [0, 0.05) is 56.8 Å². The van der Waals surface area contributed by atoms with E-state index in [2.05, 4.69) is 20.6 Å². The van der Waals surface area contributed by atoms with Gasteiger partial charge < -0.3 is 25.4 Å². The summed E-state index contributed by atoms with van der Waals surface area (Å²) >= 11 is 0. The largest absolute Gasteiger partial charge is 0.378 e. The zero-order valence-electron chi connectivity index (χ0n) is 17.8. The minimum Gasteiger partial charge on any atom is -0.378 e. The summed E-state index contributed by atoms with van der Waals surface area (Å²) in [6.07, 6.45) is 8.58. The second kappa shape index (κ2) is 10.1. The highest BCUT2D eigenvalue weighted by atomic mass is 16.2. The summed E-state index contributed by atoms with van der Waals surface area (Å²) in [7, 11) is 5.76. The van der Waals surface area contributed by atoms with E-state index in [1.807, 2.05) is 55.2 Å². The monoisotopic (exact) mass is 410 g/mol. The van der Waals surface area contributed by atoms with Crippen molar-refractivity contribution in [1.29, 1.82) is 0 Å². The Morgan fingerprint density at radius 1 is 1.30 bits per heavy atom. The molecule has 1 aliphatic heterocycles. The number of carbonyl (C=O) groups excluding carboxylic acids is 1. The predicted molar refractivity (Wildman–Crippen MR) is 121 cm³/mol. The summed E-state index contributed by atoms with van der Waals surface area (Å²) in [6, 6.07) is 5.87. The van der Waals surface area contributed by atoms with Crippen molar-refractivity contribution in [3.05, 3.63) is 53.1 Å². The van der Waals surface area contributed by atoms with Crippen LogP contribution in [0.3, 0.4) is 0 Å². The number of nitrogens with zero attached hydrogens (tertiary/aromatic N) is 3. The van der Waals surface area contributed by atoms with Crippen LogP contribution in [0.15, 0.2) is 47.5 Å². The number of piperidine rings is 1. The van der Waals surface area contributed by atoms with E-state index in [4.69, 9.17) is 0 Å². The number of nitrogens with one attached hydrogen (secondary N) is 3. The molecule has 8 nitrogen and oxygen atoms in total. The normalized spacial score (nSPS) is 15.0. The number of carbonyl (C=O) groups is 1. The first-order valence-electron chi connectivity index (χ1n) is 10.2. The van der Waals surface area contributed by atoms with Gasteiger partial charge in [-0.2, -0.15) is 0 Å². The third-order valence-electron chi connectivity index (χ3n) is 5.15. The average Bonchev–Trinajstić information content (AvgIpc) is 2.75. The van der Waals surface area contributed by atoms with Crippen LogP contribution in [0.5, 0.6) is 0 Å². The van der Waals surface area contributed by atoms with Crippen LogP contribution in [0, 0.1) is 0 Å². The van der Waals surface area contributed by atoms with Crippen molar-refractivity contribution in [2.75, 3.05) is 51.4 Å². The van der Waals surface area contributed by atoms with E-state index in [9.17, 15) is 9.59 Å². The van der Waals surface area contributed by atoms with Gasteiger partial charge in [0.2, 0.25) is 5.91 Å². The lowest BCUT2D eigenvalue weighted by atomic mass is 10.0. The van der Waals surface area contributed by atoms with Gasteiger partial charge in [-0.25, -0.2) is 4.98 Å². The number of rotatable bonds is 7. The molecule has 1 fully saturated rings. The molecule has 0 atom stereocenters. The summed E-state index contributed by atoms with van der Waals surface area (Å²) in [5.74, 6) is 0.818. The lowest BCUT2D eigenvalue weighted by Gasteiger charge is -2.32. The molecule has 0 radical (unpaired) electrons. The van der Waals surface area contributed by atoms with E-state index >= 15 is 0 Å². The highest BCUT2D eigenvalue weighted by Gasteiger charge is 2.22.